The lowest BCUT2D eigenvalue weighted by Crippen LogP contribution is -2.69. The van der Waals surface area contributed by atoms with Gasteiger partial charge in [0.15, 0.2) is 24.4 Å². The van der Waals surface area contributed by atoms with Crippen LogP contribution >= 0.6 is 0 Å². The number of hydrogen-bond acceptors (Lipinski definition) is 51. The molecule has 0 aliphatic carbocycles. The lowest BCUT2D eigenvalue weighted by Gasteiger charge is -2.48. The van der Waals surface area contributed by atoms with E-state index in [1.165, 1.54) is 0 Å². The van der Waals surface area contributed by atoms with Crippen molar-refractivity contribution in [3.05, 3.63) is 35.7 Å². The van der Waals surface area contributed by atoms with Gasteiger partial charge < -0.3 is 221 Å². The SMILES string of the molecule is O=C(Cn1cc(CO[C@@H]2O[C@H](CO)[C@H](O)[C@H](O)[C@H]2O)nn1)N[C@H]1[C@H]([C@H](O)[C@H](O)CO)O[C@@](OC[C@H]2O[C@@H](OCc3cn(CC(=O)N[C@H]4[C@H]([C@H](O)[C@H](O)CO)O[C@@](OC[C@H]5O[C@@H](C(=O)c6cn(CC(=O)N[C@H]7[C@H]([C@H](O)[C@H](O)CO)O[C@@](OC[C@H]8O[C@@H]([O-])[C@H](O)[C@@H](O)[C@H]8O)(C(=O)O)C[C@@H]7O)nn6)[C@H](O)[C@@H](O)[C@H]5O)(C(=O)O)C[C@@H]4O)nn3)[C@H](O)[C@@H](O)[C@H]2O)(C(=O)O)C[C@@H]1O. The van der Waals surface area contributed by atoms with Gasteiger partial charge in [-0.3, -0.25) is 19.2 Å². The van der Waals surface area contributed by atoms with E-state index in [0.29, 0.717) is 4.68 Å². The van der Waals surface area contributed by atoms with Crippen LogP contribution in [0.4, 0.5) is 0 Å². The Labute approximate surface area is 704 Å². The molecule has 126 heavy (non-hydrogen) atoms. The third-order valence-electron chi connectivity index (χ3n) is 21.7. The number of carboxylic acids is 3. The third-order valence-corrected chi connectivity index (χ3v) is 21.7. The number of aliphatic carboxylic acids is 3. The molecule has 0 bridgehead atoms. The molecule has 712 valence electrons. The molecular formula is C66H99N12O48-. The molecule has 3 aromatic rings. The van der Waals surface area contributed by atoms with Crippen molar-refractivity contribution in [3.8, 4) is 0 Å². The number of aromatic nitrogens is 9. The highest BCUT2D eigenvalue weighted by molar-refractivity contribution is 5.98. The first kappa shape index (κ1) is 101. The molecule has 0 spiro atoms. The van der Waals surface area contributed by atoms with Crippen molar-refractivity contribution in [3.63, 3.8) is 0 Å². The van der Waals surface area contributed by atoms with Gasteiger partial charge in [0.05, 0.1) is 121 Å². The highest BCUT2D eigenvalue weighted by Crippen LogP contribution is 2.40. The van der Waals surface area contributed by atoms with Gasteiger partial charge in [0.2, 0.25) is 23.5 Å². The number of hydrogen-bond donors (Lipinski definition) is 31. The van der Waals surface area contributed by atoms with Crippen LogP contribution in [0.15, 0.2) is 18.6 Å². The van der Waals surface area contributed by atoms with E-state index in [0.717, 1.165) is 28.0 Å². The van der Waals surface area contributed by atoms with E-state index in [1.54, 1.807) is 0 Å². The van der Waals surface area contributed by atoms with Crippen LogP contribution in [0, 0.1) is 0 Å². The number of nitrogens with zero attached hydrogens (tertiary/aromatic N) is 9. The Bertz CT molecular complexity index is 4120. The quantitative estimate of drug-likeness (QED) is 0.0236. The summed E-state index contributed by atoms with van der Waals surface area (Å²) in [6.07, 6.45) is -67.7. The first-order valence-electron chi connectivity index (χ1n) is 38.4. The minimum atomic E-state index is -3.23. The number of ether oxygens (including phenoxy) is 12. The summed E-state index contributed by atoms with van der Waals surface area (Å²) < 4.78 is 68.3. The van der Waals surface area contributed by atoms with Gasteiger partial charge in [-0.25, -0.2) is 28.4 Å². The van der Waals surface area contributed by atoms with Gasteiger partial charge in [-0.15, -0.1) is 15.3 Å². The molecule has 31 N–H and O–H groups in total. The summed E-state index contributed by atoms with van der Waals surface area (Å²) in [7, 11) is 0. The summed E-state index contributed by atoms with van der Waals surface area (Å²) in [5.74, 6) is -20.4. The zero-order chi connectivity index (χ0) is 92.8. The number of carboxylic acid groups (broad SMARTS) is 3. The van der Waals surface area contributed by atoms with Gasteiger partial charge in [0, 0.05) is 25.6 Å². The number of amides is 3. The Morgan fingerprint density at radius 1 is 0.421 bits per heavy atom. The number of carbonyl (C=O) groups is 7. The highest BCUT2D eigenvalue weighted by Gasteiger charge is 2.62. The maximum absolute atomic E-state index is 14.0. The monoisotopic (exact) mass is 1830 g/mol. The highest BCUT2D eigenvalue weighted by atomic mass is 16.8. The number of aliphatic hydroxyl groups excluding tert-OH is 25. The van der Waals surface area contributed by atoms with E-state index in [-0.39, 0.29) is 11.4 Å². The van der Waals surface area contributed by atoms with Crippen molar-refractivity contribution in [2.24, 2.45) is 0 Å². The molecule has 10 rings (SSSR count). The predicted octanol–water partition coefficient (Wildman–Crippen LogP) is -22.9. The lowest BCUT2D eigenvalue weighted by molar-refractivity contribution is -0.533. The average molecular weight is 1830 g/mol. The van der Waals surface area contributed by atoms with Crippen molar-refractivity contribution >= 4 is 41.4 Å². The van der Waals surface area contributed by atoms with Crippen LogP contribution in [0.25, 0.3) is 0 Å². The van der Waals surface area contributed by atoms with Crippen LogP contribution in [0.3, 0.4) is 0 Å². The number of ketones is 1. The summed E-state index contributed by atoms with van der Waals surface area (Å²) in [6.45, 7) is -11.8. The fraction of sp³-hybridized carbons (Fsp3) is 0.803. The summed E-state index contributed by atoms with van der Waals surface area (Å²) in [5, 5.41) is 338. The van der Waals surface area contributed by atoms with Gasteiger partial charge in [-0.1, -0.05) is 15.6 Å². The second kappa shape index (κ2) is 42.5. The van der Waals surface area contributed by atoms with Gasteiger partial charge in [-0.2, -0.15) is 0 Å². The number of carbonyl (C=O) groups excluding carboxylic acids is 4. The van der Waals surface area contributed by atoms with Crippen molar-refractivity contribution in [1.29, 1.82) is 0 Å². The molecule has 60 heteroatoms. The zero-order valence-corrected chi connectivity index (χ0v) is 65.3. The van der Waals surface area contributed by atoms with E-state index in [9.17, 15) is 182 Å². The number of Topliss-reactive ketones (excluding diaryl/α,β-unsaturated/α-hetero) is 1. The average Bonchev–Trinajstić information content (AvgIpc) is 1.20. The van der Waals surface area contributed by atoms with E-state index in [4.69, 9.17) is 56.8 Å². The molecule has 38 atom stereocenters. The first-order chi connectivity index (χ1) is 59.4. The summed E-state index contributed by atoms with van der Waals surface area (Å²) in [6, 6.07) is -5.72. The number of rotatable bonds is 39. The minimum absolute atomic E-state index is 0.00759. The molecule has 3 aromatic heterocycles. The Kier molecular flexibility index (Phi) is 33.9. The Morgan fingerprint density at radius 3 is 1.10 bits per heavy atom. The van der Waals surface area contributed by atoms with E-state index >= 15 is 0 Å². The largest absolute Gasteiger partial charge is 0.829 e. The maximum Gasteiger partial charge on any atom is 0.364 e. The van der Waals surface area contributed by atoms with Crippen LogP contribution in [0.2, 0.25) is 0 Å². The van der Waals surface area contributed by atoms with Gasteiger partial charge in [0.25, 0.3) is 17.4 Å². The standard InChI is InChI=1S/C66H99N12O48/c79-10-25(86)39(93)54-35(22(83)1-64(124-54,61(109)110)117-16-29-43(97)46(100)50(104)57(120-29)38(92)21-6-78(75-72-21)9-34(91)69-37-23(84)2-65(62(111)112,125-56(37)41(95)27(88)12-81)118-17-30-44(98)47(101)51(105)58(108)121-30)67-33(90)8-77-5-20(71-74-77)15-116-60-53(107)49(103)45(99)31(123-60)18-119-66(63(113)114)3-24(85)36(55(126-66)40(94)26(87)11-80)68-32(89)7-76-4-19(70-73-76)14-115-59-52(106)48(102)42(96)28(13-82)122-59/h4-6,22-31,35-37,39-60,79-88,93-107H,1-3,7-18H2,(H,67,90)(H,68,89)(H,69,91)(H,109,110)(H,111,112)(H,113,114)/q-1/t22-,23-,24-,25+,26+,27+,28+,29+,30+,31+,35+,36+,37+,39+,40+,41+,42-,43-,44-,45-,46-,47-,48-,49-,50+,51+,52+,53+,54+,55+,56+,57-,58+,59+,60+,64+,65+,66+/m0/s1. The molecule has 7 aliphatic heterocycles. The molecule has 0 aromatic carbocycles. The van der Waals surface area contributed by atoms with E-state index in [1.807, 2.05) is 0 Å². The van der Waals surface area contributed by atoms with Crippen LogP contribution in [-0.2, 0) is 118 Å². The third kappa shape index (κ3) is 22.3. The van der Waals surface area contributed by atoms with Gasteiger partial charge in [0.1, 0.15) is 178 Å². The second-order valence-electron chi connectivity index (χ2n) is 30.6. The molecule has 7 fully saturated rings. The summed E-state index contributed by atoms with van der Waals surface area (Å²) >= 11 is 0. The first-order valence-corrected chi connectivity index (χ1v) is 38.4. The van der Waals surface area contributed by atoms with E-state index in [2.05, 4.69) is 46.9 Å². The predicted molar refractivity (Wildman–Crippen MR) is 376 cm³/mol. The molecule has 7 saturated heterocycles. The van der Waals surface area contributed by atoms with Crippen molar-refractivity contribution in [2.75, 3.05) is 46.2 Å². The van der Waals surface area contributed by atoms with Crippen molar-refractivity contribution < 1.29 is 238 Å². The number of nitrogens with one attached hydrogen (secondary N) is 3. The van der Waals surface area contributed by atoms with Crippen molar-refractivity contribution in [1.82, 2.24) is 60.9 Å². The molecule has 0 saturated carbocycles. The fourth-order valence-electron chi connectivity index (χ4n) is 14.6. The van der Waals surface area contributed by atoms with Crippen LogP contribution in [0.5, 0.6) is 0 Å². The topological polar surface area (TPSA) is 948 Å². The maximum atomic E-state index is 14.0. The summed E-state index contributed by atoms with van der Waals surface area (Å²) in [4.78, 5) is 93.8. The zero-order valence-electron chi connectivity index (χ0n) is 65.3. The van der Waals surface area contributed by atoms with Gasteiger partial charge in [-0.05, 0) is 0 Å². The summed E-state index contributed by atoms with van der Waals surface area (Å²) in [5.41, 5.74) is -0.986. The Hall–Kier alpha value is -7.61. The van der Waals surface area contributed by atoms with E-state index < -0.39 is 377 Å². The second-order valence-corrected chi connectivity index (χ2v) is 30.6. The molecule has 0 unspecified atom stereocenters. The van der Waals surface area contributed by atoms with Crippen molar-refractivity contribution in [2.45, 2.75) is 283 Å². The Morgan fingerprint density at radius 2 is 0.738 bits per heavy atom. The molecular weight excluding hydrogens is 1730 g/mol. The fourth-order valence-corrected chi connectivity index (χ4v) is 14.6. The normalized spacial score (nSPS) is 38.9. The van der Waals surface area contributed by atoms with Crippen LogP contribution in [0.1, 0.15) is 41.1 Å². The molecule has 3 amide bonds. The van der Waals surface area contributed by atoms with Crippen LogP contribution in [-0.4, -0.2) is 507 Å². The molecule has 60 nitrogen and oxygen atoms in total. The Balaban J connectivity index is 0.726. The smallest absolute Gasteiger partial charge is 0.364 e. The minimum Gasteiger partial charge on any atom is -0.829 e. The molecule has 0 radical (unpaired) electrons. The number of aliphatic hydroxyl groups is 25. The van der Waals surface area contributed by atoms with Crippen LogP contribution < -0.4 is 21.1 Å². The van der Waals surface area contributed by atoms with Gasteiger partial charge >= 0.3 is 17.9 Å². The molecule has 7 aliphatic rings. The lowest BCUT2D eigenvalue weighted by atomic mass is 9.88. The molecule has 10 heterocycles.